The van der Waals surface area contributed by atoms with Gasteiger partial charge in [-0.2, -0.15) is 0 Å². The van der Waals surface area contributed by atoms with E-state index in [-0.39, 0.29) is 19.1 Å². The van der Waals surface area contributed by atoms with Gasteiger partial charge in [0.2, 0.25) is 5.88 Å². The smallest absolute Gasteiger partial charge is 0.244 e. The molecule has 2 heterocycles. The molecular formula is C29H26N4O4. The molecule has 0 unspecified atom stereocenters. The fourth-order valence-corrected chi connectivity index (χ4v) is 3.88. The minimum absolute atomic E-state index is 0.211. The minimum atomic E-state index is 0.211. The quantitative estimate of drug-likeness (QED) is 0.247. The van der Waals surface area contributed by atoms with Crippen molar-refractivity contribution in [3.8, 4) is 34.3 Å². The van der Waals surface area contributed by atoms with Gasteiger partial charge in [0.05, 0.1) is 24.1 Å². The number of ether oxygens (including phenoxy) is 3. The molecule has 0 aliphatic carbocycles. The molecule has 0 bridgehead atoms. The van der Waals surface area contributed by atoms with Crippen molar-refractivity contribution < 1.29 is 19.0 Å². The summed E-state index contributed by atoms with van der Waals surface area (Å²) in [6.45, 7) is 0.498. The first-order valence-corrected chi connectivity index (χ1v) is 11.7. The van der Waals surface area contributed by atoms with E-state index in [9.17, 15) is 4.79 Å². The third kappa shape index (κ3) is 5.38. The highest BCUT2D eigenvalue weighted by Gasteiger charge is 2.14. The summed E-state index contributed by atoms with van der Waals surface area (Å²) in [4.78, 5) is 16.3. The lowest BCUT2D eigenvalue weighted by atomic mass is 10.2. The Balaban J connectivity index is 1.26. The number of aryl methyl sites for hydroxylation is 1. The standard InChI is InChI=1S/C29H26N4O4/c1-32-17-25(22-9-5-3-6-10-22)30-28(32)20-36-26-14-13-21(15-27(26)35-2)19-37-29-23(18-34)16-33(31-29)24-11-7-4-8-12-24/h3-18H,19-20H2,1-2H3. The maximum absolute atomic E-state index is 11.5. The van der Waals surface area contributed by atoms with E-state index in [1.165, 1.54) is 0 Å². The molecule has 186 valence electrons. The molecule has 0 radical (unpaired) electrons. The average Bonchev–Trinajstić information content (AvgIpc) is 3.55. The van der Waals surface area contributed by atoms with Crippen molar-refractivity contribution in [2.75, 3.05) is 7.11 Å². The van der Waals surface area contributed by atoms with Gasteiger partial charge in [0, 0.05) is 25.0 Å². The Morgan fingerprint density at radius 2 is 1.62 bits per heavy atom. The van der Waals surface area contributed by atoms with Gasteiger partial charge in [-0.25, -0.2) is 9.67 Å². The first-order chi connectivity index (χ1) is 18.1. The monoisotopic (exact) mass is 494 g/mol. The van der Waals surface area contributed by atoms with Crippen LogP contribution in [0.15, 0.2) is 91.3 Å². The van der Waals surface area contributed by atoms with Crippen LogP contribution in [0.5, 0.6) is 17.4 Å². The lowest BCUT2D eigenvalue weighted by Gasteiger charge is -2.12. The van der Waals surface area contributed by atoms with Crippen LogP contribution in [-0.4, -0.2) is 32.7 Å². The third-order valence-electron chi connectivity index (χ3n) is 5.86. The molecule has 5 aromatic rings. The van der Waals surface area contributed by atoms with Gasteiger partial charge in [0.15, 0.2) is 17.8 Å². The molecule has 0 atom stereocenters. The third-order valence-corrected chi connectivity index (χ3v) is 5.86. The van der Waals surface area contributed by atoms with Gasteiger partial charge in [-0.05, 0) is 29.8 Å². The molecule has 0 aliphatic heterocycles. The molecular weight excluding hydrogens is 468 g/mol. The van der Waals surface area contributed by atoms with Crippen LogP contribution in [-0.2, 0) is 20.3 Å². The number of para-hydroxylation sites is 1. The highest BCUT2D eigenvalue weighted by molar-refractivity contribution is 5.78. The number of hydrogen-bond donors (Lipinski definition) is 0. The molecule has 0 saturated carbocycles. The van der Waals surface area contributed by atoms with Crippen LogP contribution < -0.4 is 14.2 Å². The fourth-order valence-electron chi connectivity index (χ4n) is 3.88. The largest absolute Gasteiger partial charge is 0.493 e. The summed E-state index contributed by atoms with van der Waals surface area (Å²) >= 11 is 0. The topological polar surface area (TPSA) is 80.4 Å². The lowest BCUT2D eigenvalue weighted by Crippen LogP contribution is -2.04. The number of benzene rings is 3. The number of aromatic nitrogens is 4. The predicted molar refractivity (Wildman–Crippen MR) is 139 cm³/mol. The summed E-state index contributed by atoms with van der Waals surface area (Å²) in [6.07, 6.45) is 4.37. The second kappa shape index (κ2) is 10.8. The first kappa shape index (κ1) is 23.9. The van der Waals surface area contributed by atoms with E-state index in [4.69, 9.17) is 19.2 Å². The van der Waals surface area contributed by atoms with E-state index in [0.29, 0.717) is 17.1 Å². The highest BCUT2D eigenvalue weighted by Crippen LogP contribution is 2.30. The number of imidazole rings is 1. The summed E-state index contributed by atoms with van der Waals surface area (Å²) in [5.74, 6) is 2.23. The molecule has 0 amide bonds. The Bertz CT molecular complexity index is 1490. The van der Waals surface area contributed by atoms with Crippen LogP contribution in [0.3, 0.4) is 0 Å². The lowest BCUT2D eigenvalue weighted by molar-refractivity contribution is 0.111. The van der Waals surface area contributed by atoms with Crippen molar-refractivity contribution in [3.05, 3.63) is 108 Å². The van der Waals surface area contributed by atoms with Crippen LogP contribution in [0.4, 0.5) is 0 Å². The normalized spacial score (nSPS) is 10.8. The van der Waals surface area contributed by atoms with E-state index in [1.807, 2.05) is 96.7 Å². The van der Waals surface area contributed by atoms with Crippen molar-refractivity contribution in [1.29, 1.82) is 0 Å². The van der Waals surface area contributed by atoms with Gasteiger partial charge < -0.3 is 18.8 Å². The Hall–Kier alpha value is -4.85. The molecule has 5 rings (SSSR count). The van der Waals surface area contributed by atoms with Gasteiger partial charge in [-0.1, -0.05) is 54.6 Å². The summed E-state index contributed by atoms with van der Waals surface area (Å²) in [5.41, 5.74) is 4.01. The molecule has 8 nitrogen and oxygen atoms in total. The Morgan fingerprint density at radius 1 is 0.865 bits per heavy atom. The number of carbonyl (C=O) groups excluding carboxylic acids is 1. The maximum atomic E-state index is 11.5. The van der Waals surface area contributed by atoms with Gasteiger partial charge >= 0.3 is 0 Å². The first-order valence-electron chi connectivity index (χ1n) is 11.7. The summed E-state index contributed by atoms with van der Waals surface area (Å²) in [7, 11) is 3.54. The molecule has 0 spiro atoms. The van der Waals surface area contributed by atoms with Crippen LogP contribution in [0, 0.1) is 0 Å². The van der Waals surface area contributed by atoms with E-state index >= 15 is 0 Å². The van der Waals surface area contributed by atoms with Crippen molar-refractivity contribution in [2.24, 2.45) is 7.05 Å². The minimum Gasteiger partial charge on any atom is -0.493 e. The molecule has 0 aliphatic rings. The van der Waals surface area contributed by atoms with Crippen molar-refractivity contribution in [2.45, 2.75) is 13.2 Å². The van der Waals surface area contributed by atoms with Crippen molar-refractivity contribution in [1.82, 2.24) is 19.3 Å². The second-order valence-corrected chi connectivity index (χ2v) is 8.37. The zero-order valence-corrected chi connectivity index (χ0v) is 20.6. The van der Waals surface area contributed by atoms with Gasteiger partial charge in [0.1, 0.15) is 19.0 Å². The van der Waals surface area contributed by atoms with Crippen LogP contribution in [0.2, 0.25) is 0 Å². The Labute approximate surface area is 214 Å². The van der Waals surface area contributed by atoms with Crippen molar-refractivity contribution in [3.63, 3.8) is 0 Å². The molecule has 0 fully saturated rings. The SMILES string of the molecule is COc1cc(COc2nn(-c3ccccc3)cc2C=O)ccc1OCc1nc(-c2ccccc2)cn1C. The van der Waals surface area contributed by atoms with Crippen LogP contribution in [0.25, 0.3) is 16.9 Å². The number of aldehydes is 1. The number of methoxy groups -OCH3 is 1. The number of carbonyl (C=O) groups is 1. The van der Waals surface area contributed by atoms with Crippen LogP contribution >= 0.6 is 0 Å². The van der Waals surface area contributed by atoms with Gasteiger partial charge in [-0.3, -0.25) is 4.79 Å². The molecule has 0 N–H and O–H groups in total. The maximum Gasteiger partial charge on any atom is 0.244 e. The second-order valence-electron chi connectivity index (χ2n) is 8.37. The molecule has 8 heteroatoms. The molecule has 2 aromatic heterocycles. The summed E-state index contributed by atoms with van der Waals surface area (Å²) in [5, 5.41) is 4.42. The summed E-state index contributed by atoms with van der Waals surface area (Å²) < 4.78 is 21.0. The summed E-state index contributed by atoms with van der Waals surface area (Å²) in [6, 6.07) is 25.1. The van der Waals surface area contributed by atoms with Gasteiger partial charge in [-0.15, -0.1) is 5.10 Å². The van der Waals surface area contributed by atoms with E-state index < -0.39 is 0 Å². The number of nitrogens with zero attached hydrogens (tertiary/aromatic N) is 4. The zero-order valence-electron chi connectivity index (χ0n) is 20.6. The van der Waals surface area contributed by atoms with E-state index in [0.717, 1.165) is 34.6 Å². The number of hydrogen-bond acceptors (Lipinski definition) is 6. The fraction of sp³-hybridized carbons (Fsp3) is 0.138. The Kier molecular flexibility index (Phi) is 6.98. The Morgan fingerprint density at radius 3 is 2.35 bits per heavy atom. The van der Waals surface area contributed by atoms with Crippen LogP contribution in [0.1, 0.15) is 21.7 Å². The molecule has 0 saturated heterocycles. The van der Waals surface area contributed by atoms with E-state index in [1.54, 1.807) is 18.0 Å². The number of rotatable bonds is 10. The highest BCUT2D eigenvalue weighted by atomic mass is 16.5. The predicted octanol–water partition coefficient (Wildman–Crippen LogP) is 5.25. The zero-order chi connectivity index (χ0) is 25.6. The van der Waals surface area contributed by atoms with Gasteiger partial charge in [0.25, 0.3) is 0 Å². The average molecular weight is 495 g/mol. The van der Waals surface area contributed by atoms with Crippen molar-refractivity contribution >= 4 is 6.29 Å². The molecule has 37 heavy (non-hydrogen) atoms. The molecule has 3 aromatic carbocycles. The van der Waals surface area contributed by atoms with E-state index in [2.05, 4.69) is 5.10 Å².